The Morgan fingerprint density at radius 1 is 1.03 bits per heavy atom. The van der Waals surface area contributed by atoms with E-state index in [0.717, 1.165) is 23.6 Å². The number of carbonyl (C=O) groups is 1. The number of rotatable bonds is 9. The van der Waals surface area contributed by atoms with Crippen molar-refractivity contribution < 1.29 is 22.9 Å². The van der Waals surface area contributed by atoms with Crippen LogP contribution >= 0.6 is 0 Å². The van der Waals surface area contributed by atoms with Gasteiger partial charge in [0.15, 0.2) is 12.4 Å². The van der Waals surface area contributed by atoms with Gasteiger partial charge < -0.3 is 10.1 Å². The average Bonchev–Trinajstić information content (AvgIpc) is 3.21. The first-order chi connectivity index (χ1) is 16.7. The van der Waals surface area contributed by atoms with Crippen LogP contribution in [0.2, 0.25) is 0 Å². The number of ether oxygens (including phenoxy) is 1. The molecule has 35 heavy (non-hydrogen) atoms. The van der Waals surface area contributed by atoms with E-state index in [0.29, 0.717) is 5.69 Å². The fourth-order valence-corrected chi connectivity index (χ4v) is 5.68. The van der Waals surface area contributed by atoms with Gasteiger partial charge in [-0.15, -0.1) is 0 Å². The Morgan fingerprint density at radius 2 is 1.74 bits per heavy atom. The Kier molecular flexibility index (Phi) is 6.86. The quantitative estimate of drug-likeness (QED) is 0.274. The monoisotopic (exact) mass is 495 g/mol. The van der Waals surface area contributed by atoms with E-state index in [-0.39, 0.29) is 23.7 Å². The van der Waals surface area contributed by atoms with Crippen molar-refractivity contribution in [1.82, 2.24) is 4.31 Å². The number of anilines is 1. The van der Waals surface area contributed by atoms with Crippen LogP contribution in [-0.4, -0.2) is 43.2 Å². The van der Waals surface area contributed by atoms with Crippen LogP contribution in [0.25, 0.3) is 11.1 Å². The Hall–Kier alpha value is -3.76. The molecule has 9 nitrogen and oxygen atoms in total. The molecule has 182 valence electrons. The number of fused-ring (bicyclic) bond motifs is 3. The van der Waals surface area contributed by atoms with Gasteiger partial charge in [-0.2, -0.15) is 4.31 Å². The number of sulfonamides is 1. The highest BCUT2D eigenvalue weighted by Crippen LogP contribution is 2.37. The lowest BCUT2D eigenvalue weighted by Crippen LogP contribution is -2.30. The second kappa shape index (κ2) is 9.85. The van der Waals surface area contributed by atoms with Gasteiger partial charge in [-0.1, -0.05) is 44.2 Å². The van der Waals surface area contributed by atoms with Gasteiger partial charge in [-0.3, -0.25) is 14.9 Å². The predicted octanol–water partition coefficient (Wildman–Crippen LogP) is 4.21. The number of nitrogens with one attached hydrogen (secondary N) is 1. The van der Waals surface area contributed by atoms with Crippen LogP contribution in [0.15, 0.2) is 65.6 Å². The lowest BCUT2D eigenvalue weighted by atomic mass is 10.1. The van der Waals surface area contributed by atoms with Crippen LogP contribution in [0.4, 0.5) is 11.4 Å². The van der Waals surface area contributed by atoms with E-state index in [1.54, 1.807) is 19.9 Å². The standard InChI is InChI=1S/C25H25N3O6S/c1-3-27(4-2)35(32,33)20-10-12-24(23(15-20)28(30)31)34-16-25(29)26-19-9-11-22-18(14-19)13-17-7-5-6-8-21(17)22/h5-12,14-15H,3-4,13,16H2,1-2H3,(H,26,29). The molecule has 1 amide bonds. The van der Waals surface area contributed by atoms with Crippen molar-refractivity contribution in [3.8, 4) is 16.9 Å². The number of nitro groups is 1. The van der Waals surface area contributed by atoms with Crippen molar-refractivity contribution in [2.75, 3.05) is 25.0 Å². The third-order valence-electron chi connectivity index (χ3n) is 5.91. The first-order valence-corrected chi connectivity index (χ1v) is 12.6. The van der Waals surface area contributed by atoms with Crippen LogP contribution < -0.4 is 10.1 Å². The maximum atomic E-state index is 12.7. The molecule has 3 aromatic rings. The molecule has 0 heterocycles. The van der Waals surface area contributed by atoms with E-state index < -0.39 is 33.1 Å². The third kappa shape index (κ3) is 4.89. The molecule has 0 aromatic heterocycles. The van der Waals surface area contributed by atoms with Gasteiger partial charge in [0.25, 0.3) is 5.91 Å². The Balaban J connectivity index is 1.45. The molecule has 0 fully saturated rings. The minimum atomic E-state index is -3.88. The molecule has 4 rings (SSSR count). The molecule has 0 saturated heterocycles. The SMILES string of the molecule is CCN(CC)S(=O)(=O)c1ccc(OCC(=O)Nc2ccc3c(c2)Cc2ccccc2-3)c([N+](=O)[O-])c1. The number of hydrogen-bond acceptors (Lipinski definition) is 6. The largest absolute Gasteiger partial charge is 0.477 e. The molecule has 1 N–H and O–H groups in total. The molecule has 0 radical (unpaired) electrons. The highest BCUT2D eigenvalue weighted by Gasteiger charge is 2.26. The fraction of sp³-hybridized carbons (Fsp3) is 0.240. The normalized spacial score (nSPS) is 12.2. The highest BCUT2D eigenvalue weighted by atomic mass is 32.2. The van der Waals surface area contributed by atoms with Crippen molar-refractivity contribution in [1.29, 1.82) is 0 Å². The van der Waals surface area contributed by atoms with Crippen molar-refractivity contribution >= 4 is 27.3 Å². The molecule has 1 aliphatic rings. The average molecular weight is 496 g/mol. The number of carbonyl (C=O) groups excluding carboxylic acids is 1. The smallest absolute Gasteiger partial charge is 0.312 e. The fourth-order valence-electron chi connectivity index (χ4n) is 4.20. The summed E-state index contributed by atoms with van der Waals surface area (Å²) in [5.74, 6) is -0.678. The summed E-state index contributed by atoms with van der Waals surface area (Å²) in [4.78, 5) is 23.1. The summed E-state index contributed by atoms with van der Waals surface area (Å²) in [6.07, 6.45) is 0.778. The molecule has 1 aliphatic carbocycles. The van der Waals surface area contributed by atoms with E-state index in [1.807, 2.05) is 24.3 Å². The lowest BCUT2D eigenvalue weighted by molar-refractivity contribution is -0.386. The minimum Gasteiger partial charge on any atom is -0.477 e. The van der Waals surface area contributed by atoms with Crippen LogP contribution in [0.1, 0.15) is 25.0 Å². The molecule has 0 aliphatic heterocycles. The molecule has 0 saturated carbocycles. The van der Waals surface area contributed by atoms with Gasteiger partial charge in [-0.25, -0.2) is 8.42 Å². The Morgan fingerprint density at radius 3 is 2.46 bits per heavy atom. The summed E-state index contributed by atoms with van der Waals surface area (Å²) >= 11 is 0. The maximum absolute atomic E-state index is 12.7. The summed E-state index contributed by atoms with van der Waals surface area (Å²) in [5, 5.41) is 14.3. The van der Waals surface area contributed by atoms with Crippen LogP contribution in [0.3, 0.4) is 0 Å². The molecule has 0 bridgehead atoms. The van der Waals surface area contributed by atoms with E-state index >= 15 is 0 Å². The second-order valence-electron chi connectivity index (χ2n) is 8.02. The zero-order valence-corrected chi connectivity index (χ0v) is 20.2. The summed E-state index contributed by atoms with van der Waals surface area (Å²) in [7, 11) is -3.88. The first-order valence-electron chi connectivity index (χ1n) is 11.2. The third-order valence-corrected chi connectivity index (χ3v) is 7.95. The van der Waals surface area contributed by atoms with Gasteiger partial charge in [0.1, 0.15) is 0 Å². The van der Waals surface area contributed by atoms with E-state index in [1.165, 1.54) is 27.6 Å². The number of benzene rings is 3. The molecular formula is C25H25N3O6S. The van der Waals surface area contributed by atoms with Gasteiger partial charge in [0.05, 0.1) is 9.82 Å². The zero-order valence-electron chi connectivity index (χ0n) is 19.4. The second-order valence-corrected chi connectivity index (χ2v) is 9.96. The van der Waals surface area contributed by atoms with Crippen molar-refractivity contribution in [2.24, 2.45) is 0 Å². The van der Waals surface area contributed by atoms with Gasteiger partial charge in [0.2, 0.25) is 10.0 Å². The maximum Gasteiger partial charge on any atom is 0.312 e. The van der Waals surface area contributed by atoms with Gasteiger partial charge in [0, 0.05) is 24.8 Å². The Labute approximate surface area is 203 Å². The Bertz CT molecular complexity index is 1400. The molecule has 0 atom stereocenters. The summed E-state index contributed by atoms with van der Waals surface area (Å²) in [6, 6.07) is 17.2. The van der Waals surface area contributed by atoms with E-state index in [4.69, 9.17) is 4.74 Å². The number of nitro benzene ring substituents is 1. The van der Waals surface area contributed by atoms with Gasteiger partial charge in [-0.05, 0) is 52.9 Å². The molecule has 10 heteroatoms. The lowest BCUT2D eigenvalue weighted by Gasteiger charge is -2.18. The summed E-state index contributed by atoms with van der Waals surface area (Å²) in [6.45, 7) is 3.37. The van der Waals surface area contributed by atoms with Gasteiger partial charge >= 0.3 is 5.69 Å². The number of hydrogen-bond donors (Lipinski definition) is 1. The van der Waals surface area contributed by atoms with E-state index in [9.17, 15) is 23.3 Å². The van der Waals surface area contributed by atoms with Crippen LogP contribution in [-0.2, 0) is 21.2 Å². The molecule has 0 spiro atoms. The van der Waals surface area contributed by atoms with Crippen LogP contribution in [0.5, 0.6) is 5.75 Å². The molecule has 0 unspecified atom stereocenters. The first kappa shape index (κ1) is 24.4. The number of amides is 1. The number of nitrogens with zero attached hydrogens (tertiary/aromatic N) is 2. The minimum absolute atomic E-state index is 0.187. The predicted molar refractivity (Wildman–Crippen MR) is 132 cm³/mol. The van der Waals surface area contributed by atoms with E-state index in [2.05, 4.69) is 17.4 Å². The summed E-state index contributed by atoms with van der Waals surface area (Å²) in [5.41, 5.74) is 4.72. The molecule has 3 aromatic carbocycles. The zero-order chi connectivity index (χ0) is 25.2. The van der Waals surface area contributed by atoms with Crippen molar-refractivity contribution in [3.05, 3.63) is 81.9 Å². The highest BCUT2D eigenvalue weighted by molar-refractivity contribution is 7.89. The van der Waals surface area contributed by atoms with Crippen molar-refractivity contribution in [3.63, 3.8) is 0 Å². The summed E-state index contributed by atoms with van der Waals surface area (Å²) < 4.78 is 32.0. The van der Waals surface area contributed by atoms with Crippen molar-refractivity contribution in [2.45, 2.75) is 25.2 Å². The molecular weight excluding hydrogens is 470 g/mol. The topological polar surface area (TPSA) is 119 Å². The van der Waals surface area contributed by atoms with Crippen LogP contribution in [0, 0.1) is 10.1 Å².